The van der Waals surface area contributed by atoms with Crippen molar-refractivity contribution in [2.24, 2.45) is 0 Å². The summed E-state index contributed by atoms with van der Waals surface area (Å²) in [4.78, 5) is 25.2. The van der Waals surface area contributed by atoms with Crippen LogP contribution < -0.4 is 5.32 Å². The molecule has 3 aromatic heterocycles. The molecule has 39 heavy (non-hydrogen) atoms. The van der Waals surface area contributed by atoms with Gasteiger partial charge in [0, 0.05) is 47.3 Å². The van der Waals surface area contributed by atoms with Crippen LogP contribution in [0.15, 0.2) is 92.0 Å². The highest BCUT2D eigenvalue weighted by Gasteiger charge is 2.07. The molecule has 0 bridgehead atoms. The summed E-state index contributed by atoms with van der Waals surface area (Å²) in [5.74, 6) is 6.01. The average molecular weight is 525 g/mol. The van der Waals surface area contributed by atoms with Gasteiger partial charge < -0.3 is 9.88 Å². The molecule has 0 aliphatic rings. The molecule has 0 fully saturated rings. The van der Waals surface area contributed by atoms with Crippen LogP contribution in [0.25, 0.3) is 11.3 Å². The summed E-state index contributed by atoms with van der Waals surface area (Å²) in [5, 5.41) is 2.94. The Morgan fingerprint density at radius 1 is 0.795 bits per heavy atom. The van der Waals surface area contributed by atoms with E-state index in [-0.39, 0.29) is 5.91 Å². The number of imidazole rings is 2. The van der Waals surface area contributed by atoms with Crippen LogP contribution >= 0.6 is 0 Å². The van der Waals surface area contributed by atoms with Crippen molar-refractivity contribution in [1.82, 2.24) is 23.9 Å². The van der Waals surface area contributed by atoms with Crippen LogP contribution in [0.1, 0.15) is 77.0 Å². The van der Waals surface area contributed by atoms with Gasteiger partial charge in [-0.15, -0.1) is 0 Å². The predicted octanol–water partition coefficient (Wildman–Crippen LogP) is 7.67. The Morgan fingerprint density at radius 2 is 1.51 bits per heavy atom. The van der Waals surface area contributed by atoms with Gasteiger partial charge in [-0.25, -0.2) is 9.97 Å². The molecule has 204 valence electrons. The molecule has 7 heteroatoms. The van der Waals surface area contributed by atoms with E-state index in [9.17, 15) is 4.79 Å². The summed E-state index contributed by atoms with van der Waals surface area (Å²) in [5.41, 5.74) is 4.37. The number of carbonyl (C=O) groups is 1. The van der Waals surface area contributed by atoms with Crippen molar-refractivity contribution in [3.63, 3.8) is 0 Å². The summed E-state index contributed by atoms with van der Waals surface area (Å²) in [6.07, 6.45) is 12.2. The molecule has 5 aromatic rings. The van der Waals surface area contributed by atoms with E-state index in [1.165, 1.54) is 0 Å². The molecule has 0 atom stereocenters. The van der Waals surface area contributed by atoms with Gasteiger partial charge in [0.05, 0.1) is 18.7 Å². The third-order valence-electron chi connectivity index (χ3n) is 4.68. The van der Waals surface area contributed by atoms with Gasteiger partial charge in [0.1, 0.15) is 5.69 Å². The van der Waals surface area contributed by atoms with Crippen LogP contribution in [0, 0.1) is 11.8 Å². The fraction of sp³-hybridized carbons (Fsp3) is 0.250. The van der Waals surface area contributed by atoms with E-state index in [1.807, 2.05) is 113 Å². The van der Waals surface area contributed by atoms with E-state index in [0.29, 0.717) is 11.3 Å². The van der Waals surface area contributed by atoms with Crippen molar-refractivity contribution in [3.8, 4) is 17.5 Å². The average Bonchev–Trinajstić information content (AvgIpc) is 3.71. The summed E-state index contributed by atoms with van der Waals surface area (Å²) in [6, 6.07) is 14.8. The highest BCUT2D eigenvalue weighted by Crippen LogP contribution is 2.16. The lowest BCUT2D eigenvalue weighted by Crippen LogP contribution is -2.12. The lowest BCUT2D eigenvalue weighted by Gasteiger charge is -2.08. The second kappa shape index (κ2) is 18.5. The molecule has 3 heterocycles. The molecule has 0 radical (unpaired) electrons. The first-order valence-electron chi connectivity index (χ1n) is 13.6. The number of anilines is 1. The van der Waals surface area contributed by atoms with Gasteiger partial charge >= 0.3 is 0 Å². The number of hydrogen-bond acceptors (Lipinski definition) is 4. The first-order valence-corrected chi connectivity index (χ1v) is 13.6. The summed E-state index contributed by atoms with van der Waals surface area (Å²) in [6.45, 7) is 16.0. The van der Waals surface area contributed by atoms with Crippen molar-refractivity contribution in [2.75, 3.05) is 5.32 Å². The summed E-state index contributed by atoms with van der Waals surface area (Å²) in [7, 11) is 0. The van der Waals surface area contributed by atoms with E-state index in [4.69, 9.17) is 0 Å². The Morgan fingerprint density at radius 3 is 2.23 bits per heavy atom. The van der Waals surface area contributed by atoms with Gasteiger partial charge in [0.2, 0.25) is 0 Å². The number of nitrogens with zero attached hydrogens (tertiary/aromatic N) is 5. The molecule has 2 aromatic carbocycles. The Bertz CT molecular complexity index is 1440. The quantitative estimate of drug-likeness (QED) is 0.246. The minimum Gasteiger partial charge on any atom is -0.322 e. The third-order valence-corrected chi connectivity index (χ3v) is 4.68. The monoisotopic (exact) mass is 524 g/mol. The predicted molar refractivity (Wildman–Crippen MR) is 162 cm³/mol. The molecule has 0 saturated carbocycles. The van der Waals surface area contributed by atoms with E-state index < -0.39 is 0 Å². The molecular weight excluding hydrogens is 484 g/mol. The first kappa shape index (κ1) is 32.3. The van der Waals surface area contributed by atoms with Crippen LogP contribution in [-0.2, 0) is 0 Å². The van der Waals surface area contributed by atoms with Gasteiger partial charge in [-0.05, 0) is 42.3 Å². The number of nitrogens with one attached hydrogen (secondary N) is 1. The minimum atomic E-state index is -0.202. The molecule has 7 nitrogen and oxygen atoms in total. The summed E-state index contributed by atoms with van der Waals surface area (Å²) < 4.78 is 3.74. The summed E-state index contributed by atoms with van der Waals surface area (Å²) >= 11 is 0. The van der Waals surface area contributed by atoms with Crippen molar-refractivity contribution < 1.29 is 4.79 Å². The number of carbonyl (C=O) groups excluding carboxylic acids is 1. The fourth-order valence-electron chi connectivity index (χ4n) is 3.17. The molecule has 0 aliphatic heterocycles. The first-order chi connectivity index (χ1) is 19.3. The number of benzene rings is 2. The zero-order valence-electron chi connectivity index (χ0n) is 24.3. The van der Waals surface area contributed by atoms with Gasteiger partial charge in [-0.1, -0.05) is 73.4 Å². The third kappa shape index (κ3) is 9.28. The molecular formula is C32H40N6O. The van der Waals surface area contributed by atoms with Crippen LogP contribution in [0.3, 0.4) is 0 Å². The Kier molecular flexibility index (Phi) is 15.4. The molecule has 0 unspecified atom stereocenters. The Labute approximate surface area is 233 Å². The maximum Gasteiger partial charge on any atom is 0.255 e. The maximum atomic E-state index is 12.8. The van der Waals surface area contributed by atoms with Crippen molar-refractivity contribution in [2.45, 2.75) is 55.4 Å². The van der Waals surface area contributed by atoms with Crippen LogP contribution in [0.4, 0.5) is 5.69 Å². The zero-order chi connectivity index (χ0) is 29.0. The van der Waals surface area contributed by atoms with Gasteiger partial charge in [-0.2, -0.15) is 0 Å². The second-order valence-electron chi connectivity index (χ2n) is 6.75. The lowest BCUT2D eigenvalue weighted by atomic mass is 10.1. The minimum absolute atomic E-state index is 0.202. The number of rotatable bonds is 3. The normalized spacial score (nSPS) is 8.92. The van der Waals surface area contributed by atoms with E-state index >= 15 is 0 Å². The number of aromatic nitrogens is 5. The number of hydrogen-bond donors (Lipinski definition) is 1. The molecule has 1 N–H and O–H groups in total. The maximum absolute atomic E-state index is 12.8. The van der Waals surface area contributed by atoms with E-state index in [0.717, 1.165) is 22.6 Å². The lowest BCUT2D eigenvalue weighted by molar-refractivity contribution is 0.102. The van der Waals surface area contributed by atoms with Gasteiger partial charge in [0.25, 0.3) is 5.91 Å². The van der Waals surface area contributed by atoms with Gasteiger partial charge in [-0.3, -0.25) is 14.2 Å². The topological polar surface area (TPSA) is 77.1 Å². The highest BCUT2D eigenvalue weighted by atomic mass is 16.1. The van der Waals surface area contributed by atoms with Crippen LogP contribution in [0.5, 0.6) is 0 Å². The number of amides is 1. The molecule has 5 rings (SSSR count). The molecule has 0 aliphatic carbocycles. The highest BCUT2D eigenvalue weighted by molar-refractivity contribution is 6.04. The Hall–Kier alpha value is -4.70. The van der Waals surface area contributed by atoms with Crippen LogP contribution in [-0.4, -0.2) is 29.8 Å². The van der Waals surface area contributed by atoms with Crippen molar-refractivity contribution in [3.05, 3.63) is 109 Å². The van der Waals surface area contributed by atoms with Crippen molar-refractivity contribution >= 4 is 17.2 Å². The van der Waals surface area contributed by atoms with E-state index in [1.54, 1.807) is 43.2 Å². The standard InChI is InChI=1S/C24H16N6O.4C2H6/c31-24(28-20-5-2-6-21(14-20)29-11-9-26-17-29)19-4-1-3-18(13-19)7-8-22-15-27-23-16-25-10-12-30(22)23;4*1-2/h1-6,9-17H,(H,28,31);4*1-2H3. The molecule has 0 saturated heterocycles. The SMILES string of the molecule is CC.CC.CC.CC.O=C(Nc1cccc(-n2ccnc2)c1)c1cccc(C#Cc2cnc3cnccn23)c1. The van der Waals surface area contributed by atoms with Crippen molar-refractivity contribution in [1.29, 1.82) is 0 Å². The smallest absolute Gasteiger partial charge is 0.255 e. The molecule has 0 spiro atoms. The van der Waals surface area contributed by atoms with E-state index in [2.05, 4.69) is 32.1 Å². The number of fused-ring (bicyclic) bond motifs is 1. The van der Waals surface area contributed by atoms with Crippen LogP contribution in [0.2, 0.25) is 0 Å². The molecule has 1 amide bonds. The Balaban J connectivity index is 0.000000874. The van der Waals surface area contributed by atoms with Gasteiger partial charge in [0.15, 0.2) is 5.65 Å². The zero-order valence-corrected chi connectivity index (χ0v) is 24.3. The second-order valence-corrected chi connectivity index (χ2v) is 6.75. The largest absolute Gasteiger partial charge is 0.322 e. The fourth-order valence-corrected chi connectivity index (χ4v) is 3.17.